The van der Waals surface area contributed by atoms with Gasteiger partial charge in [-0.05, 0) is 49.4 Å². The third-order valence-electron chi connectivity index (χ3n) is 2.90. The van der Waals surface area contributed by atoms with Gasteiger partial charge in [-0.1, -0.05) is 12.1 Å². The average molecular weight is 260 g/mol. The third kappa shape index (κ3) is 3.71. The third-order valence-corrected chi connectivity index (χ3v) is 2.90. The Morgan fingerprint density at radius 2 is 1.78 bits per heavy atom. The summed E-state index contributed by atoms with van der Waals surface area (Å²) in [6.45, 7) is 1.98. The molecule has 0 bridgehead atoms. The molecule has 1 rings (SSSR count). The van der Waals surface area contributed by atoms with E-state index >= 15 is 0 Å². The van der Waals surface area contributed by atoms with Crippen LogP contribution in [-0.4, -0.2) is 6.54 Å². The SMILES string of the molecule is Cc1cc(CCCCN)cc(CN)c1C(F)(F)F. The van der Waals surface area contributed by atoms with Crippen molar-refractivity contribution in [2.24, 2.45) is 11.5 Å². The first-order chi connectivity index (χ1) is 8.40. The van der Waals surface area contributed by atoms with E-state index in [0.717, 1.165) is 24.8 Å². The average Bonchev–Trinajstić information content (AvgIpc) is 2.26. The summed E-state index contributed by atoms with van der Waals surface area (Å²) in [5, 5.41) is 0. The second-order valence-corrected chi connectivity index (χ2v) is 4.39. The summed E-state index contributed by atoms with van der Waals surface area (Å²) in [6.07, 6.45) is -1.85. The number of halogens is 3. The van der Waals surface area contributed by atoms with Crippen molar-refractivity contribution in [3.8, 4) is 0 Å². The second kappa shape index (κ2) is 6.20. The van der Waals surface area contributed by atoms with Crippen molar-refractivity contribution < 1.29 is 13.2 Å². The molecule has 0 spiro atoms. The first-order valence-corrected chi connectivity index (χ1v) is 6.00. The van der Waals surface area contributed by atoms with Gasteiger partial charge in [0.05, 0.1) is 5.56 Å². The van der Waals surface area contributed by atoms with Crippen LogP contribution in [0.2, 0.25) is 0 Å². The van der Waals surface area contributed by atoms with E-state index in [1.54, 1.807) is 12.1 Å². The van der Waals surface area contributed by atoms with E-state index < -0.39 is 11.7 Å². The van der Waals surface area contributed by atoms with Crippen LogP contribution in [0.25, 0.3) is 0 Å². The molecular formula is C13H19F3N2. The van der Waals surface area contributed by atoms with Gasteiger partial charge >= 0.3 is 6.18 Å². The predicted molar refractivity (Wildman–Crippen MR) is 66.1 cm³/mol. The van der Waals surface area contributed by atoms with E-state index in [0.29, 0.717) is 6.54 Å². The molecule has 0 radical (unpaired) electrons. The Labute approximate surface area is 105 Å². The van der Waals surface area contributed by atoms with Crippen molar-refractivity contribution in [3.63, 3.8) is 0 Å². The minimum atomic E-state index is -4.34. The lowest BCUT2D eigenvalue weighted by atomic mass is 9.95. The molecule has 0 fully saturated rings. The highest BCUT2D eigenvalue weighted by Gasteiger charge is 2.34. The van der Waals surface area contributed by atoms with Crippen LogP contribution in [0.15, 0.2) is 12.1 Å². The fourth-order valence-corrected chi connectivity index (χ4v) is 2.13. The second-order valence-electron chi connectivity index (χ2n) is 4.39. The molecule has 0 unspecified atom stereocenters. The van der Waals surface area contributed by atoms with Gasteiger partial charge in [-0.2, -0.15) is 13.2 Å². The molecule has 1 aromatic carbocycles. The molecule has 0 heterocycles. The number of hydrogen-bond donors (Lipinski definition) is 2. The van der Waals surface area contributed by atoms with Gasteiger partial charge in [0.2, 0.25) is 0 Å². The highest BCUT2D eigenvalue weighted by Crippen LogP contribution is 2.35. The van der Waals surface area contributed by atoms with E-state index in [4.69, 9.17) is 11.5 Å². The Hall–Kier alpha value is -1.07. The Balaban J connectivity index is 3.03. The fraction of sp³-hybridized carbons (Fsp3) is 0.538. The molecule has 0 aromatic heterocycles. The van der Waals surface area contributed by atoms with E-state index in [1.807, 2.05) is 0 Å². The molecule has 4 N–H and O–H groups in total. The Morgan fingerprint density at radius 3 is 2.28 bits per heavy atom. The molecule has 102 valence electrons. The fourth-order valence-electron chi connectivity index (χ4n) is 2.13. The lowest BCUT2D eigenvalue weighted by molar-refractivity contribution is -0.138. The standard InChI is InChI=1S/C13H19F3N2/c1-9-6-10(4-2-3-5-17)7-11(8-18)12(9)13(14,15)16/h6-7H,2-5,8,17-18H2,1H3. The maximum atomic E-state index is 12.9. The zero-order chi connectivity index (χ0) is 13.8. The van der Waals surface area contributed by atoms with Crippen LogP contribution in [0, 0.1) is 6.92 Å². The number of benzene rings is 1. The summed E-state index contributed by atoms with van der Waals surface area (Å²) in [7, 11) is 0. The van der Waals surface area contributed by atoms with Crippen LogP contribution in [0.5, 0.6) is 0 Å². The Kier molecular flexibility index (Phi) is 5.16. The van der Waals surface area contributed by atoms with Crippen molar-refractivity contribution in [3.05, 3.63) is 34.4 Å². The summed E-state index contributed by atoms with van der Waals surface area (Å²) < 4.78 is 38.6. The van der Waals surface area contributed by atoms with E-state index in [1.165, 1.54) is 6.92 Å². The smallest absolute Gasteiger partial charge is 0.330 e. The number of aryl methyl sites for hydroxylation is 2. The number of rotatable bonds is 5. The largest absolute Gasteiger partial charge is 0.416 e. The minimum Gasteiger partial charge on any atom is -0.330 e. The quantitative estimate of drug-likeness (QED) is 0.800. The lowest BCUT2D eigenvalue weighted by Crippen LogP contribution is -2.14. The molecule has 0 aliphatic rings. The van der Waals surface area contributed by atoms with E-state index in [2.05, 4.69) is 0 Å². The van der Waals surface area contributed by atoms with Crippen LogP contribution < -0.4 is 11.5 Å². The van der Waals surface area contributed by atoms with E-state index in [-0.39, 0.29) is 17.7 Å². The molecule has 0 atom stereocenters. The zero-order valence-electron chi connectivity index (χ0n) is 10.5. The summed E-state index contributed by atoms with van der Waals surface area (Å²) in [4.78, 5) is 0. The van der Waals surface area contributed by atoms with Gasteiger partial charge in [-0.3, -0.25) is 0 Å². The van der Waals surface area contributed by atoms with Gasteiger partial charge in [-0.15, -0.1) is 0 Å². The van der Waals surface area contributed by atoms with Crippen LogP contribution >= 0.6 is 0 Å². The molecule has 0 saturated heterocycles. The molecule has 0 saturated carbocycles. The number of hydrogen-bond acceptors (Lipinski definition) is 2. The van der Waals surface area contributed by atoms with Crippen LogP contribution in [0.1, 0.15) is 35.1 Å². The number of nitrogens with two attached hydrogens (primary N) is 2. The molecule has 2 nitrogen and oxygen atoms in total. The molecule has 5 heteroatoms. The molecule has 0 aliphatic carbocycles. The van der Waals surface area contributed by atoms with Crippen LogP contribution in [0.3, 0.4) is 0 Å². The normalized spacial score (nSPS) is 11.9. The first kappa shape index (κ1) is 15.0. The highest BCUT2D eigenvalue weighted by atomic mass is 19.4. The maximum Gasteiger partial charge on any atom is 0.416 e. The van der Waals surface area contributed by atoms with Crippen LogP contribution in [-0.2, 0) is 19.1 Å². The molecular weight excluding hydrogens is 241 g/mol. The molecule has 0 amide bonds. The van der Waals surface area contributed by atoms with Gasteiger partial charge in [0, 0.05) is 6.54 Å². The predicted octanol–water partition coefficient (Wildman–Crippen LogP) is 2.75. The summed E-state index contributed by atoms with van der Waals surface area (Å²) in [5.74, 6) is 0. The Morgan fingerprint density at radius 1 is 1.11 bits per heavy atom. The maximum absolute atomic E-state index is 12.9. The lowest BCUT2D eigenvalue weighted by Gasteiger charge is -2.16. The molecule has 1 aromatic rings. The van der Waals surface area contributed by atoms with Gasteiger partial charge < -0.3 is 11.5 Å². The molecule has 0 aliphatic heterocycles. The summed E-state index contributed by atoms with van der Waals surface area (Å²) in [6, 6.07) is 3.16. The van der Waals surface area contributed by atoms with Gasteiger partial charge in [0.25, 0.3) is 0 Å². The van der Waals surface area contributed by atoms with Crippen molar-refractivity contribution in [1.82, 2.24) is 0 Å². The Bertz CT molecular complexity index is 400. The first-order valence-electron chi connectivity index (χ1n) is 6.00. The van der Waals surface area contributed by atoms with Gasteiger partial charge in [0.1, 0.15) is 0 Å². The number of unbranched alkanes of at least 4 members (excludes halogenated alkanes) is 1. The van der Waals surface area contributed by atoms with Crippen LogP contribution in [0.4, 0.5) is 13.2 Å². The van der Waals surface area contributed by atoms with Crippen molar-refractivity contribution in [2.45, 2.75) is 38.9 Å². The van der Waals surface area contributed by atoms with Gasteiger partial charge in [-0.25, -0.2) is 0 Å². The number of alkyl halides is 3. The van der Waals surface area contributed by atoms with Gasteiger partial charge in [0.15, 0.2) is 0 Å². The monoisotopic (exact) mass is 260 g/mol. The molecule has 18 heavy (non-hydrogen) atoms. The topological polar surface area (TPSA) is 52.0 Å². The minimum absolute atomic E-state index is 0.0968. The van der Waals surface area contributed by atoms with Crippen molar-refractivity contribution in [1.29, 1.82) is 0 Å². The highest BCUT2D eigenvalue weighted by molar-refractivity contribution is 5.40. The van der Waals surface area contributed by atoms with Crippen molar-refractivity contribution >= 4 is 0 Å². The zero-order valence-corrected chi connectivity index (χ0v) is 10.5. The summed E-state index contributed by atoms with van der Waals surface area (Å²) >= 11 is 0. The van der Waals surface area contributed by atoms with Crippen molar-refractivity contribution in [2.75, 3.05) is 6.54 Å². The summed E-state index contributed by atoms with van der Waals surface area (Å²) in [5.41, 5.74) is 11.5. The van der Waals surface area contributed by atoms with E-state index in [9.17, 15) is 13.2 Å².